The van der Waals surface area contributed by atoms with Crippen LogP contribution in [0.5, 0.6) is 0 Å². The topological polar surface area (TPSA) is 52.2 Å². The molecule has 0 bridgehead atoms. The van der Waals surface area contributed by atoms with E-state index in [-0.39, 0.29) is 17.9 Å². The number of rotatable bonds is 10. The molecule has 1 aliphatic rings. The number of carbonyl (C=O) groups is 1. The quantitative estimate of drug-likeness (QED) is 0.174. The second-order valence-electron chi connectivity index (χ2n) is 11.5. The van der Waals surface area contributed by atoms with E-state index in [0.717, 1.165) is 59.4 Å². The van der Waals surface area contributed by atoms with Crippen LogP contribution in [0.15, 0.2) is 72.8 Å². The zero-order valence-electron chi connectivity index (χ0n) is 24.5. The zero-order chi connectivity index (χ0) is 29.1. The second kappa shape index (κ2) is 13.0. The molecule has 0 saturated carbocycles. The van der Waals surface area contributed by atoms with Crippen molar-refractivity contribution < 1.29 is 4.79 Å². The first-order valence-electron chi connectivity index (χ1n) is 15.3. The van der Waals surface area contributed by atoms with Crippen molar-refractivity contribution in [2.75, 3.05) is 19.6 Å². The molecular formula is C35H39ClN4OS. The summed E-state index contributed by atoms with van der Waals surface area (Å²) in [6.07, 6.45) is 5.71. The smallest absolute Gasteiger partial charge is 0.266 e. The fourth-order valence-electron chi connectivity index (χ4n) is 6.40. The van der Waals surface area contributed by atoms with Crippen LogP contribution in [0.1, 0.15) is 84.5 Å². The summed E-state index contributed by atoms with van der Waals surface area (Å²) in [5.41, 5.74) is 4.49. The number of likely N-dealkylation sites (tertiary alicyclic amines) is 1. The molecule has 5 aromatic rings. The molecule has 1 N–H and O–H groups in total. The summed E-state index contributed by atoms with van der Waals surface area (Å²) in [7, 11) is 0. The minimum Gasteiger partial charge on any atom is -0.340 e. The number of aromatic nitrogens is 2. The van der Waals surface area contributed by atoms with Gasteiger partial charge in [-0.1, -0.05) is 92.9 Å². The van der Waals surface area contributed by atoms with Crippen LogP contribution in [0.25, 0.3) is 21.1 Å². The molecule has 5 nitrogen and oxygen atoms in total. The molecule has 1 saturated heterocycles. The number of carbonyl (C=O) groups excluding carboxylic acids is 1. The Morgan fingerprint density at radius 1 is 1.02 bits per heavy atom. The molecule has 2 aromatic heterocycles. The summed E-state index contributed by atoms with van der Waals surface area (Å²) in [5.74, 6) is 0.791. The number of fused-ring (bicyclic) bond motifs is 2. The number of aromatic amines is 1. The first kappa shape index (κ1) is 28.9. The van der Waals surface area contributed by atoms with Crippen molar-refractivity contribution in [2.24, 2.45) is 0 Å². The van der Waals surface area contributed by atoms with Gasteiger partial charge in [-0.05, 0) is 61.7 Å². The first-order valence-corrected chi connectivity index (χ1v) is 16.5. The van der Waals surface area contributed by atoms with Crippen LogP contribution in [0.4, 0.5) is 0 Å². The Bertz CT molecular complexity index is 1640. The SMILES string of the molecule is CCCCN(C(=O)c1sc2ccccc2c1Cl)C(c1nc2ccccc2[nH]1)C(C)c1ccccc1CN1CCCCC1. The monoisotopic (exact) mass is 598 g/mol. The number of para-hydroxylation sites is 2. The number of amides is 1. The summed E-state index contributed by atoms with van der Waals surface area (Å²) < 4.78 is 1.03. The van der Waals surface area contributed by atoms with Gasteiger partial charge in [0.05, 0.1) is 22.1 Å². The average molecular weight is 599 g/mol. The number of hydrogen-bond donors (Lipinski definition) is 1. The molecule has 0 spiro atoms. The Morgan fingerprint density at radius 3 is 2.55 bits per heavy atom. The standard InChI is InChI=1S/C35H39ClN4OS/c1-3-4-22-40(35(41)33-31(36)27-16-8-11-19-30(27)42-33)32(34-37-28-17-9-10-18-29(28)38-34)24(2)26-15-7-6-14-25(26)23-39-20-12-5-13-21-39/h6-11,14-19,24,32H,3-5,12-13,20-23H2,1-2H3,(H,37,38). The number of thiophene rings is 1. The van der Waals surface area contributed by atoms with E-state index in [1.165, 1.54) is 41.7 Å². The lowest BCUT2D eigenvalue weighted by atomic mass is 9.87. The van der Waals surface area contributed by atoms with Crippen LogP contribution < -0.4 is 0 Å². The molecule has 1 amide bonds. The first-order chi connectivity index (χ1) is 20.5. The molecule has 3 aromatic carbocycles. The van der Waals surface area contributed by atoms with Crippen LogP contribution in [-0.4, -0.2) is 45.3 Å². The van der Waals surface area contributed by atoms with E-state index in [4.69, 9.17) is 16.6 Å². The van der Waals surface area contributed by atoms with Crippen LogP contribution in [-0.2, 0) is 6.54 Å². The number of hydrogen-bond acceptors (Lipinski definition) is 4. The number of benzene rings is 3. The van der Waals surface area contributed by atoms with Gasteiger partial charge >= 0.3 is 0 Å². The van der Waals surface area contributed by atoms with Crippen LogP contribution in [0.2, 0.25) is 5.02 Å². The van der Waals surface area contributed by atoms with Crippen molar-refractivity contribution in [3.05, 3.63) is 99.6 Å². The van der Waals surface area contributed by atoms with Crippen molar-refractivity contribution >= 4 is 50.0 Å². The molecule has 1 fully saturated rings. The predicted molar refractivity (Wildman–Crippen MR) is 176 cm³/mol. The van der Waals surface area contributed by atoms with Crippen LogP contribution in [0, 0.1) is 0 Å². The van der Waals surface area contributed by atoms with Crippen LogP contribution in [0.3, 0.4) is 0 Å². The van der Waals surface area contributed by atoms with Gasteiger partial charge in [-0.3, -0.25) is 9.69 Å². The van der Waals surface area contributed by atoms with Gasteiger partial charge in [0.1, 0.15) is 10.7 Å². The highest BCUT2D eigenvalue weighted by Gasteiger charge is 2.36. The number of halogens is 1. The maximum Gasteiger partial charge on any atom is 0.266 e. The number of imidazole rings is 1. The van der Waals surface area contributed by atoms with Crippen LogP contribution >= 0.6 is 22.9 Å². The van der Waals surface area contributed by atoms with Crippen molar-refractivity contribution in [1.29, 1.82) is 0 Å². The average Bonchev–Trinajstić information content (AvgIpc) is 3.60. The molecule has 0 radical (unpaired) electrons. The maximum atomic E-state index is 14.6. The van der Waals surface area contributed by atoms with Gasteiger partial charge in [-0.15, -0.1) is 11.3 Å². The van der Waals surface area contributed by atoms with Gasteiger partial charge in [0.25, 0.3) is 5.91 Å². The van der Waals surface area contributed by atoms with E-state index in [2.05, 4.69) is 54.1 Å². The third-order valence-corrected chi connectivity index (χ3v) is 10.3. The molecule has 2 unspecified atom stereocenters. The number of nitrogens with one attached hydrogen (secondary N) is 1. The number of unbranched alkanes of at least 4 members (excludes halogenated alkanes) is 1. The lowest BCUT2D eigenvalue weighted by molar-refractivity contribution is 0.0642. The minimum atomic E-state index is -0.291. The molecule has 1 aliphatic heterocycles. The van der Waals surface area contributed by atoms with Crippen molar-refractivity contribution in [3.8, 4) is 0 Å². The van der Waals surface area contributed by atoms with Gasteiger partial charge in [0.15, 0.2) is 0 Å². The van der Waals surface area contributed by atoms with Gasteiger partial charge in [-0.25, -0.2) is 4.98 Å². The third kappa shape index (κ3) is 5.85. The molecular weight excluding hydrogens is 560 g/mol. The molecule has 7 heteroatoms. The molecule has 6 rings (SSSR count). The Balaban J connectivity index is 1.45. The predicted octanol–water partition coefficient (Wildman–Crippen LogP) is 9.20. The van der Waals surface area contributed by atoms with Gasteiger partial charge in [0.2, 0.25) is 0 Å². The highest BCUT2D eigenvalue weighted by atomic mass is 35.5. The largest absolute Gasteiger partial charge is 0.340 e. The third-order valence-electron chi connectivity index (χ3n) is 8.63. The Hall–Kier alpha value is -3.19. The number of nitrogens with zero attached hydrogens (tertiary/aromatic N) is 3. The van der Waals surface area contributed by atoms with E-state index in [9.17, 15) is 4.79 Å². The molecule has 3 heterocycles. The zero-order valence-corrected chi connectivity index (χ0v) is 26.1. The fourth-order valence-corrected chi connectivity index (χ4v) is 7.86. The lowest BCUT2D eigenvalue weighted by Gasteiger charge is -2.36. The summed E-state index contributed by atoms with van der Waals surface area (Å²) in [6, 6.07) is 24.6. The summed E-state index contributed by atoms with van der Waals surface area (Å²) in [5, 5.41) is 1.48. The molecule has 42 heavy (non-hydrogen) atoms. The summed E-state index contributed by atoms with van der Waals surface area (Å²) in [4.78, 5) is 28.5. The molecule has 0 aliphatic carbocycles. The van der Waals surface area contributed by atoms with Crippen molar-refractivity contribution in [1.82, 2.24) is 19.8 Å². The fraction of sp³-hybridized carbons (Fsp3) is 0.371. The van der Waals surface area contributed by atoms with Crippen molar-refractivity contribution in [2.45, 2.75) is 64.5 Å². The minimum absolute atomic E-state index is 0.000475. The summed E-state index contributed by atoms with van der Waals surface area (Å²) >= 11 is 8.39. The van der Waals surface area contributed by atoms with E-state index in [1.807, 2.05) is 47.4 Å². The maximum absolute atomic E-state index is 14.6. The Morgan fingerprint density at radius 2 is 1.76 bits per heavy atom. The van der Waals surface area contributed by atoms with Crippen molar-refractivity contribution in [3.63, 3.8) is 0 Å². The lowest BCUT2D eigenvalue weighted by Crippen LogP contribution is -2.39. The van der Waals surface area contributed by atoms with Gasteiger partial charge < -0.3 is 9.88 Å². The number of piperidine rings is 1. The second-order valence-corrected chi connectivity index (χ2v) is 12.9. The summed E-state index contributed by atoms with van der Waals surface area (Å²) in [6.45, 7) is 8.26. The highest BCUT2D eigenvalue weighted by Crippen LogP contribution is 2.41. The Labute approximate surface area is 257 Å². The number of H-pyrrole nitrogens is 1. The van der Waals surface area contributed by atoms with Gasteiger partial charge in [-0.2, -0.15) is 0 Å². The Kier molecular flexibility index (Phi) is 8.94. The molecule has 2 atom stereocenters. The molecule has 218 valence electrons. The van der Waals surface area contributed by atoms with E-state index in [0.29, 0.717) is 16.4 Å². The van der Waals surface area contributed by atoms with E-state index >= 15 is 0 Å². The van der Waals surface area contributed by atoms with Gasteiger partial charge in [0, 0.05) is 29.1 Å². The normalized spacial score (nSPS) is 15.7. The van der Waals surface area contributed by atoms with E-state index in [1.54, 1.807) is 0 Å². The van der Waals surface area contributed by atoms with E-state index < -0.39 is 0 Å². The highest BCUT2D eigenvalue weighted by molar-refractivity contribution is 7.21.